The van der Waals surface area contributed by atoms with E-state index in [0.29, 0.717) is 29.6 Å². The van der Waals surface area contributed by atoms with Gasteiger partial charge in [-0.1, -0.05) is 12.1 Å². The summed E-state index contributed by atoms with van der Waals surface area (Å²) >= 11 is 1.52. The largest absolute Gasteiger partial charge is 0.478 e. The molecule has 7 nitrogen and oxygen atoms in total. The van der Waals surface area contributed by atoms with Gasteiger partial charge in [-0.25, -0.2) is 19.4 Å². The molecule has 1 N–H and O–H groups in total. The molecule has 0 unspecified atom stereocenters. The molecule has 134 valence electrons. The van der Waals surface area contributed by atoms with Crippen LogP contribution in [0.2, 0.25) is 0 Å². The van der Waals surface area contributed by atoms with Gasteiger partial charge in [0.05, 0.1) is 16.3 Å². The van der Waals surface area contributed by atoms with Gasteiger partial charge >= 0.3 is 5.97 Å². The number of aromatic nitrogens is 4. The summed E-state index contributed by atoms with van der Waals surface area (Å²) in [5.74, 6) is 0.0659. The second kappa shape index (κ2) is 6.30. The average molecular weight is 370 g/mol. The van der Waals surface area contributed by atoms with Crippen LogP contribution in [0, 0.1) is 6.92 Å². The summed E-state index contributed by atoms with van der Waals surface area (Å²) in [6.45, 7) is 4.54. The quantitative estimate of drug-likeness (QED) is 0.757. The second-order valence-electron chi connectivity index (χ2n) is 6.43. The Balaban J connectivity index is 1.93. The highest BCUT2D eigenvalue weighted by molar-refractivity contribution is 7.09. The maximum absolute atomic E-state index is 11.7. The molecule has 0 bridgehead atoms. The number of aryl methyl sites for hydroxylation is 1. The zero-order valence-corrected chi connectivity index (χ0v) is 15.3. The van der Waals surface area contributed by atoms with Gasteiger partial charge in [0, 0.05) is 12.0 Å². The van der Waals surface area contributed by atoms with Crippen molar-refractivity contribution in [1.29, 1.82) is 0 Å². The van der Waals surface area contributed by atoms with Crippen LogP contribution in [0.1, 0.15) is 41.0 Å². The van der Waals surface area contributed by atoms with Crippen LogP contribution in [-0.4, -0.2) is 37.4 Å². The maximum atomic E-state index is 11.7. The van der Waals surface area contributed by atoms with Gasteiger partial charge in [-0.3, -0.25) is 0 Å². The number of hydrogen-bond donors (Lipinski definition) is 1. The number of benzene rings is 1. The lowest BCUT2D eigenvalue weighted by Gasteiger charge is -2.23. The van der Waals surface area contributed by atoms with E-state index >= 15 is 0 Å². The van der Waals surface area contributed by atoms with Gasteiger partial charge in [-0.2, -0.15) is 0 Å². The minimum absolute atomic E-state index is 0.168. The molecule has 1 atom stereocenters. The third-order valence-corrected chi connectivity index (χ3v) is 5.28. The van der Waals surface area contributed by atoms with Crippen LogP contribution < -0.4 is 0 Å². The Hall–Kier alpha value is -2.58. The standard InChI is InChI=1S/C18H18N4O3S/c1-11-19-13(10-26-11)15-20-17(18(2)8-5-9-25-18)22(21-15)14-7-4-3-6-12(14)16(23)24/h3-4,6-7,10H,5,8-9H2,1-2H3,(H,23,24)/t18-/m1/s1. The molecule has 26 heavy (non-hydrogen) atoms. The molecule has 1 saturated heterocycles. The van der Waals surface area contributed by atoms with Crippen LogP contribution in [0.3, 0.4) is 0 Å². The van der Waals surface area contributed by atoms with Crippen molar-refractivity contribution < 1.29 is 14.6 Å². The van der Waals surface area contributed by atoms with Crippen molar-refractivity contribution in [1.82, 2.24) is 19.7 Å². The molecular formula is C18H18N4O3S. The topological polar surface area (TPSA) is 90.1 Å². The van der Waals surface area contributed by atoms with Crippen molar-refractivity contribution in [2.45, 2.75) is 32.3 Å². The van der Waals surface area contributed by atoms with Gasteiger partial charge in [0.2, 0.25) is 5.82 Å². The lowest BCUT2D eigenvalue weighted by molar-refractivity contribution is 0.00762. The number of carbonyl (C=O) groups is 1. The minimum Gasteiger partial charge on any atom is -0.478 e. The summed E-state index contributed by atoms with van der Waals surface area (Å²) in [5.41, 5.74) is 0.711. The molecule has 1 aliphatic rings. The monoisotopic (exact) mass is 370 g/mol. The van der Waals surface area contributed by atoms with Gasteiger partial charge in [-0.05, 0) is 38.8 Å². The predicted molar refractivity (Wildman–Crippen MR) is 96.7 cm³/mol. The summed E-state index contributed by atoms with van der Waals surface area (Å²) in [6, 6.07) is 6.78. The summed E-state index contributed by atoms with van der Waals surface area (Å²) in [6.07, 6.45) is 1.73. The Kier molecular flexibility index (Phi) is 4.08. The van der Waals surface area contributed by atoms with Crippen LogP contribution in [0.15, 0.2) is 29.6 Å². The van der Waals surface area contributed by atoms with Gasteiger partial charge in [0.15, 0.2) is 5.82 Å². The van der Waals surface area contributed by atoms with Gasteiger partial charge in [-0.15, -0.1) is 16.4 Å². The molecule has 8 heteroatoms. The smallest absolute Gasteiger partial charge is 0.337 e. The average Bonchev–Trinajstić information content (AvgIpc) is 3.34. The number of carboxylic acid groups (broad SMARTS) is 1. The van der Waals surface area contributed by atoms with Gasteiger partial charge in [0.1, 0.15) is 11.3 Å². The molecule has 1 aliphatic heterocycles. The number of rotatable bonds is 4. The first-order valence-corrected chi connectivity index (χ1v) is 9.22. The molecule has 0 spiro atoms. The molecule has 3 aromatic rings. The van der Waals surface area contributed by atoms with Crippen molar-refractivity contribution >= 4 is 17.3 Å². The van der Waals surface area contributed by atoms with E-state index in [-0.39, 0.29) is 5.56 Å². The fraction of sp³-hybridized carbons (Fsp3) is 0.333. The maximum Gasteiger partial charge on any atom is 0.337 e. The molecule has 1 fully saturated rings. The van der Waals surface area contributed by atoms with Crippen LogP contribution in [0.4, 0.5) is 0 Å². The van der Waals surface area contributed by atoms with E-state index in [2.05, 4.69) is 10.1 Å². The van der Waals surface area contributed by atoms with E-state index in [1.54, 1.807) is 28.9 Å². The van der Waals surface area contributed by atoms with Gasteiger partial charge < -0.3 is 9.84 Å². The Bertz CT molecular complexity index is 972. The van der Waals surface area contributed by atoms with Crippen LogP contribution in [0.25, 0.3) is 17.2 Å². The third-order valence-electron chi connectivity index (χ3n) is 4.51. The number of nitrogens with zero attached hydrogens (tertiary/aromatic N) is 4. The minimum atomic E-state index is -1.01. The summed E-state index contributed by atoms with van der Waals surface area (Å²) in [7, 11) is 0. The Labute approximate surface area is 154 Å². The van der Waals surface area contributed by atoms with E-state index in [9.17, 15) is 9.90 Å². The molecule has 2 aromatic heterocycles. The highest BCUT2D eigenvalue weighted by Gasteiger charge is 2.38. The Morgan fingerprint density at radius 3 is 2.81 bits per heavy atom. The normalized spacial score (nSPS) is 19.8. The van der Waals surface area contributed by atoms with Gasteiger partial charge in [0.25, 0.3) is 0 Å². The summed E-state index contributed by atoms with van der Waals surface area (Å²) in [4.78, 5) is 20.8. The highest BCUT2D eigenvalue weighted by Crippen LogP contribution is 2.37. The Morgan fingerprint density at radius 2 is 2.15 bits per heavy atom. The predicted octanol–water partition coefficient (Wildman–Crippen LogP) is 3.42. The second-order valence-corrected chi connectivity index (χ2v) is 7.49. The molecule has 0 saturated carbocycles. The van der Waals surface area contributed by atoms with E-state index in [1.165, 1.54) is 11.3 Å². The first-order valence-electron chi connectivity index (χ1n) is 8.35. The van der Waals surface area contributed by atoms with E-state index in [1.807, 2.05) is 19.2 Å². The number of ether oxygens (including phenoxy) is 1. The van der Waals surface area contributed by atoms with Crippen LogP contribution in [0.5, 0.6) is 0 Å². The van der Waals surface area contributed by atoms with Crippen molar-refractivity contribution in [3.63, 3.8) is 0 Å². The lowest BCUT2D eigenvalue weighted by Crippen LogP contribution is -2.26. The van der Waals surface area contributed by atoms with Crippen LogP contribution in [-0.2, 0) is 10.3 Å². The molecule has 0 radical (unpaired) electrons. The Morgan fingerprint density at radius 1 is 1.35 bits per heavy atom. The molecule has 4 rings (SSSR count). The van der Waals surface area contributed by atoms with Crippen LogP contribution >= 0.6 is 11.3 Å². The number of aromatic carboxylic acids is 1. The number of hydrogen-bond acceptors (Lipinski definition) is 6. The zero-order chi connectivity index (χ0) is 18.3. The molecule has 3 heterocycles. The van der Waals surface area contributed by atoms with Crippen molar-refractivity contribution in [2.75, 3.05) is 6.61 Å². The van der Waals surface area contributed by atoms with E-state index < -0.39 is 11.6 Å². The summed E-state index contributed by atoms with van der Waals surface area (Å²) < 4.78 is 7.55. The lowest BCUT2D eigenvalue weighted by atomic mass is 10.0. The SMILES string of the molecule is Cc1nc(-c2nc([C@@]3(C)CCCO3)n(-c3ccccc3C(=O)O)n2)cs1. The number of thiazole rings is 1. The number of para-hydroxylation sites is 1. The molecule has 0 amide bonds. The van der Waals surface area contributed by atoms with Crippen molar-refractivity contribution in [3.8, 4) is 17.2 Å². The van der Waals surface area contributed by atoms with Crippen molar-refractivity contribution in [2.24, 2.45) is 0 Å². The molecule has 1 aromatic carbocycles. The molecule has 0 aliphatic carbocycles. The first kappa shape index (κ1) is 16.9. The fourth-order valence-electron chi connectivity index (χ4n) is 3.19. The van der Waals surface area contributed by atoms with E-state index in [0.717, 1.165) is 17.8 Å². The van der Waals surface area contributed by atoms with Crippen molar-refractivity contribution in [3.05, 3.63) is 46.0 Å². The highest BCUT2D eigenvalue weighted by atomic mass is 32.1. The fourth-order valence-corrected chi connectivity index (χ4v) is 3.78. The zero-order valence-electron chi connectivity index (χ0n) is 14.5. The van der Waals surface area contributed by atoms with E-state index in [4.69, 9.17) is 9.72 Å². The third kappa shape index (κ3) is 2.81. The molecular weight excluding hydrogens is 352 g/mol. The summed E-state index contributed by atoms with van der Waals surface area (Å²) in [5, 5.41) is 17.0. The number of carboxylic acids is 1. The first-order chi connectivity index (χ1) is 12.5.